The topological polar surface area (TPSA) is 48.1 Å². The van der Waals surface area contributed by atoms with E-state index in [0.717, 1.165) is 17.1 Å². The van der Waals surface area contributed by atoms with Crippen molar-refractivity contribution in [3.05, 3.63) is 54.4 Å². The number of aromatic nitrogens is 1. The number of hydrogen-bond donors (Lipinski definition) is 1. The highest BCUT2D eigenvalue weighted by Gasteiger charge is 1.96. The molecule has 0 aliphatic rings. The minimum Gasteiger partial charge on any atom is -0.456 e. The summed E-state index contributed by atoms with van der Waals surface area (Å²) in [7, 11) is 0. The van der Waals surface area contributed by atoms with Crippen molar-refractivity contribution in [2.24, 2.45) is 5.73 Å². The first kappa shape index (κ1) is 15.7. The first-order valence-corrected chi connectivity index (χ1v) is 4.75. The highest BCUT2D eigenvalue weighted by atomic mass is 35.5. The Labute approximate surface area is 113 Å². The van der Waals surface area contributed by atoms with Crippen LogP contribution in [0.5, 0.6) is 11.5 Å². The van der Waals surface area contributed by atoms with Crippen LogP contribution in [0, 0.1) is 0 Å². The molecule has 2 aromatic rings. The normalized spacial score (nSPS) is 8.76. The number of benzene rings is 1. The number of hydrogen-bond acceptors (Lipinski definition) is 3. The Balaban J connectivity index is 0.00000128. The fourth-order valence-corrected chi connectivity index (χ4v) is 1.24. The molecule has 0 fully saturated rings. The van der Waals surface area contributed by atoms with Crippen molar-refractivity contribution in [3.8, 4) is 11.5 Å². The third kappa shape index (κ3) is 4.61. The SMILES string of the molecule is Cl.Cl.NCc1ccc(Oc2cccnc2)cc1. The van der Waals surface area contributed by atoms with Gasteiger partial charge in [0.25, 0.3) is 0 Å². The highest BCUT2D eigenvalue weighted by molar-refractivity contribution is 5.85. The molecule has 0 spiro atoms. The molecule has 0 amide bonds. The standard InChI is InChI=1S/C12H12N2O.2ClH/c13-8-10-3-5-11(6-4-10)15-12-2-1-7-14-9-12;;/h1-7,9H,8,13H2;2*1H. The zero-order chi connectivity index (χ0) is 10.5. The summed E-state index contributed by atoms with van der Waals surface area (Å²) in [5.41, 5.74) is 6.59. The molecule has 2 N–H and O–H groups in total. The Bertz CT molecular complexity index is 420. The molecule has 0 atom stereocenters. The van der Waals surface area contributed by atoms with E-state index in [4.69, 9.17) is 10.5 Å². The van der Waals surface area contributed by atoms with Gasteiger partial charge in [0, 0.05) is 12.7 Å². The van der Waals surface area contributed by atoms with Crippen LogP contribution < -0.4 is 10.5 Å². The molecule has 0 unspecified atom stereocenters. The van der Waals surface area contributed by atoms with Gasteiger partial charge in [-0.1, -0.05) is 12.1 Å². The van der Waals surface area contributed by atoms with Crippen molar-refractivity contribution in [2.75, 3.05) is 0 Å². The van der Waals surface area contributed by atoms with Crippen LogP contribution in [-0.2, 0) is 6.54 Å². The number of halogens is 2. The molecule has 1 aromatic heterocycles. The number of nitrogens with zero attached hydrogens (tertiary/aromatic N) is 1. The molecule has 92 valence electrons. The maximum Gasteiger partial charge on any atom is 0.145 e. The number of ether oxygens (including phenoxy) is 1. The second kappa shape index (κ2) is 7.90. The average molecular weight is 273 g/mol. The molecule has 0 radical (unpaired) electrons. The van der Waals surface area contributed by atoms with Crippen molar-refractivity contribution in [3.63, 3.8) is 0 Å². The zero-order valence-electron chi connectivity index (χ0n) is 9.08. The molecule has 1 aromatic carbocycles. The van der Waals surface area contributed by atoms with Gasteiger partial charge < -0.3 is 10.5 Å². The molecule has 0 saturated heterocycles. The van der Waals surface area contributed by atoms with Crippen LogP contribution in [0.25, 0.3) is 0 Å². The smallest absolute Gasteiger partial charge is 0.145 e. The van der Waals surface area contributed by atoms with Crippen molar-refractivity contribution < 1.29 is 4.74 Å². The lowest BCUT2D eigenvalue weighted by Crippen LogP contribution is -1.95. The molecule has 0 saturated carbocycles. The quantitative estimate of drug-likeness (QED) is 0.934. The van der Waals surface area contributed by atoms with Gasteiger partial charge in [-0.25, -0.2) is 0 Å². The first-order valence-electron chi connectivity index (χ1n) is 4.75. The summed E-state index contributed by atoms with van der Waals surface area (Å²) >= 11 is 0. The molecular formula is C12H14Cl2N2O. The van der Waals surface area contributed by atoms with Crippen LogP contribution in [0.1, 0.15) is 5.56 Å². The molecule has 0 aliphatic carbocycles. The summed E-state index contributed by atoms with van der Waals surface area (Å²) in [5, 5.41) is 0. The fraction of sp³-hybridized carbons (Fsp3) is 0.0833. The molecule has 2 rings (SSSR count). The third-order valence-electron chi connectivity index (χ3n) is 2.03. The molecule has 17 heavy (non-hydrogen) atoms. The summed E-state index contributed by atoms with van der Waals surface area (Å²) in [5.74, 6) is 1.53. The van der Waals surface area contributed by atoms with Gasteiger partial charge in [0.05, 0.1) is 6.20 Å². The molecule has 1 heterocycles. The second-order valence-corrected chi connectivity index (χ2v) is 3.14. The van der Waals surface area contributed by atoms with Crippen molar-refractivity contribution in [1.29, 1.82) is 0 Å². The van der Waals surface area contributed by atoms with Crippen molar-refractivity contribution >= 4 is 24.8 Å². The van der Waals surface area contributed by atoms with Crippen LogP contribution >= 0.6 is 24.8 Å². The molecule has 0 bridgehead atoms. The van der Waals surface area contributed by atoms with E-state index in [1.807, 2.05) is 36.4 Å². The third-order valence-corrected chi connectivity index (χ3v) is 2.03. The lowest BCUT2D eigenvalue weighted by atomic mass is 10.2. The zero-order valence-corrected chi connectivity index (χ0v) is 10.7. The Morgan fingerprint density at radius 3 is 2.24 bits per heavy atom. The van der Waals surface area contributed by atoms with E-state index in [1.54, 1.807) is 12.4 Å². The van der Waals surface area contributed by atoms with E-state index in [1.165, 1.54) is 0 Å². The monoisotopic (exact) mass is 272 g/mol. The predicted molar refractivity (Wildman–Crippen MR) is 73.1 cm³/mol. The number of pyridine rings is 1. The van der Waals surface area contributed by atoms with Crippen LogP contribution in [-0.4, -0.2) is 4.98 Å². The van der Waals surface area contributed by atoms with E-state index in [2.05, 4.69) is 4.98 Å². The maximum absolute atomic E-state index is 5.57. The number of nitrogens with two attached hydrogens (primary N) is 1. The van der Waals surface area contributed by atoms with Gasteiger partial charge in [0.1, 0.15) is 11.5 Å². The summed E-state index contributed by atoms with van der Waals surface area (Å²) in [6.07, 6.45) is 3.39. The maximum atomic E-state index is 5.57. The Morgan fingerprint density at radius 2 is 1.71 bits per heavy atom. The van der Waals surface area contributed by atoms with Crippen LogP contribution in [0.3, 0.4) is 0 Å². The summed E-state index contributed by atoms with van der Waals surface area (Å²) < 4.78 is 5.57. The van der Waals surface area contributed by atoms with Crippen LogP contribution in [0.4, 0.5) is 0 Å². The summed E-state index contributed by atoms with van der Waals surface area (Å²) in [6, 6.07) is 11.4. The minimum absolute atomic E-state index is 0. The van der Waals surface area contributed by atoms with Crippen LogP contribution in [0.2, 0.25) is 0 Å². The van der Waals surface area contributed by atoms with Crippen LogP contribution in [0.15, 0.2) is 48.8 Å². The Morgan fingerprint density at radius 1 is 1.00 bits per heavy atom. The van der Waals surface area contributed by atoms with Gasteiger partial charge in [-0.2, -0.15) is 0 Å². The van der Waals surface area contributed by atoms with Gasteiger partial charge >= 0.3 is 0 Å². The van der Waals surface area contributed by atoms with Gasteiger partial charge in [-0.3, -0.25) is 4.98 Å². The second-order valence-electron chi connectivity index (χ2n) is 3.14. The fourth-order valence-electron chi connectivity index (χ4n) is 1.24. The minimum atomic E-state index is 0. The Hall–Kier alpha value is -1.29. The summed E-state index contributed by atoms with van der Waals surface area (Å²) in [4.78, 5) is 3.97. The predicted octanol–water partition coefficient (Wildman–Crippen LogP) is 3.18. The van der Waals surface area contributed by atoms with Gasteiger partial charge in [0.2, 0.25) is 0 Å². The van der Waals surface area contributed by atoms with E-state index in [-0.39, 0.29) is 24.8 Å². The van der Waals surface area contributed by atoms with Crippen molar-refractivity contribution in [2.45, 2.75) is 6.54 Å². The number of rotatable bonds is 3. The van der Waals surface area contributed by atoms with Crippen molar-refractivity contribution in [1.82, 2.24) is 4.98 Å². The largest absolute Gasteiger partial charge is 0.456 e. The molecule has 0 aliphatic heterocycles. The Kier molecular flexibility index (Phi) is 7.30. The summed E-state index contributed by atoms with van der Waals surface area (Å²) in [6.45, 7) is 0.549. The van der Waals surface area contributed by atoms with E-state index in [9.17, 15) is 0 Å². The van der Waals surface area contributed by atoms with Gasteiger partial charge in [-0.05, 0) is 29.8 Å². The van der Waals surface area contributed by atoms with Gasteiger partial charge in [0.15, 0.2) is 0 Å². The molecule has 5 heteroatoms. The molecule has 3 nitrogen and oxygen atoms in total. The first-order chi connectivity index (χ1) is 7.38. The lowest BCUT2D eigenvalue weighted by molar-refractivity contribution is 0.480. The van der Waals surface area contributed by atoms with E-state index in [0.29, 0.717) is 6.54 Å². The van der Waals surface area contributed by atoms with E-state index >= 15 is 0 Å². The highest BCUT2D eigenvalue weighted by Crippen LogP contribution is 2.20. The average Bonchev–Trinajstić information content (AvgIpc) is 2.31. The molecular weight excluding hydrogens is 259 g/mol. The van der Waals surface area contributed by atoms with E-state index < -0.39 is 0 Å². The van der Waals surface area contributed by atoms with Gasteiger partial charge in [-0.15, -0.1) is 24.8 Å². The lowest BCUT2D eigenvalue weighted by Gasteiger charge is -2.05.